The summed E-state index contributed by atoms with van der Waals surface area (Å²) in [6.45, 7) is 5.50. The van der Waals surface area contributed by atoms with E-state index in [0.29, 0.717) is 50.1 Å². The molecule has 1 saturated heterocycles. The van der Waals surface area contributed by atoms with E-state index in [4.69, 9.17) is 0 Å². The summed E-state index contributed by atoms with van der Waals surface area (Å²) in [5.74, 6) is 0.0228. The molecule has 2 aromatic rings. The summed E-state index contributed by atoms with van der Waals surface area (Å²) in [6.07, 6.45) is 3.01. The highest BCUT2D eigenvalue weighted by molar-refractivity contribution is 7.92. The van der Waals surface area contributed by atoms with Gasteiger partial charge >= 0.3 is 0 Å². The van der Waals surface area contributed by atoms with E-state index < -0.39 is 15.6 Å². The van der Waals surface area contributed by atoms with Gasteiger partial charge < -0.3 is 5.11 Å². The number of anilines is 1. The van der Waals surface area contributed by atoms with E-state index in [9.17, 15) is 18.3 Å². The van der Waals surface area contributed by atoms with Crippen LogP contribution in [-0.4, -0.2) is 56.1 Å². The maximum absolute atomic E-state index is 12.9. The SMILES string of the molecule is Cc1ccccc1C1(O)CCN(CC(=O)c2ccc3c(c2)CC(C)N3S(C)(=O)=O)CC1. The third-order valence-electron chi connectivity index (χ3n) is 6.61. The highest BCUT2D eigenvalue weighted by Gasteiger charge is 2.36. The molecule has 4 rings (SSSR count). The van der Waals surface area contributed by atoms with Crippen LogP contribution in [0.25, 0.3) is 0 Å². The standard InChI is InChI=1S/C24H30N2O4S/c1-17-6-4-5-7-21(17)24(28)10-12-25(13-11-24)16-23(27)19-8-9-22-20(15-19)14-18(2)26(22)31(3,29)30/h4-9,15,18,28H,10-14,16H2,1-3H3. The number of likely N-dealkylation sites (tertiary alicyclic amines) is 1. The molecule has 0 radical (unpaired) electrons. The molecule has 31 heavy (non-hydrogen) atoms. The number of hydrogen-bond acceptors (Lipinski definition) is 5. The first-order valence-electron chi connectivity index (χ1n) is 10.7. The van der Waals surface area contributed by atoms with Crippen molar-refractivity contribution >= 4 is 21.5 Å². The number of piperidine rings is 1. The summed E-state index contributed by atoms with van der Waals surface area (Å²) in [4.78, 5) is 15.0. The van der Waals surface area contributed by atoms with Crippen LogP contribution >= 0.6 is 0 Å². The van der Waals surface area contributed by atoms with Gasteiger partial charge in [0.2, 0.25) is 10.0 Å². The number of fused-ring (bicyclic) bond motifs is 1. The number of hydrogen-bond donors (Lipinski definition) is 1. The van der Waals surface area contributed by atoms with Crippen LogP contribution in [0.1, 0.15) is 46.8 Å². The van der Waals surface area contributed by atoms with Crippen LogP contribution in [0.4, 0.5) is 5.69 Å². The molecule has 0 aromatic heterocycles. The van der Waals surface area contributed by atoms with Crippen LogP contribution in [0.3, 0.4) is 0 Å². The van der Waals surface area contributed by atoms with Crippen LogP contribution in [0.15, 0.2) is 42.5 Å². The van der Waals surface area contributed by atoms with Gasteiger partial charge in [-0.1, -0.05) is 24.3 Å². The minimum Gasteiger partial charge on any atom is -0.385 e. The second-order valence-electron chi connectivity index (χ2n) is 9.00. The van der Waals surface area contributed by atoms with Crippen molar-refractivity contribution in [2.75, 3.05) is 30.2 Å². The molecule has 1 fully saturated rings. The molecule has 0 saturated carbocycles. The fourth-order valence-corrected chi connectivity index (χ4v) is 6.29. The Morgan fingerprint density at radius 2 is 1.84 bits per heavy atom. The molecular weight excluding hydrogens is 412 g/mol. The maximum atomic E-state index is 12.9. The Bertz CT molecular complexity index is 1100. The van der Waals surface area contributed by atoms with Gasteiger partial charge in [0.25, 0.3) is 0 Å². The lowest BCUT2D eigenvalue weighted by Gasteiger charge is -2.39. The lowest BCUT2D eigenvalue weighted by molar-refractivity contribution is -0.0249. The van der Waals surface area contributed by atoms with Gasteiger partial charge in [-0.25, -0.2) is 8.42 Å². The molecule has 1 unspecified atom stereocenters. The van der Waals surface area contributed by atoms with Crippen molar-refractivity contribution in [1.29, 1.82) is 0 Å². The van der Waals surface area contributed by atoms with Gasteiger partial charge in [0.15, 0.2) is 5.78 Å². The first-order valence-corrected chi connectivity index (χ1v) is 12.6. The Morgan fingerprint density at radius 3 is 2.48 bits per heavy atom. The maximum Gasteiger partial charge on any atom is 0.232 e. The molecule has 0 aliphatic carbocycles. The number of rotatable bonds is 5. The van der Waals surface area contributed by atoms with Gasteiger partial charge in [-0.15, -0.1) is 0 Å². The molecule has 2 aliphatic heterocycles. The number of Topliss-reactive ketones (excluding diaryl/α,β-unsaturated/α-hetero) is 1. The molecule has 7 heteroatoms. The monoisotopic (exact) mass is 442 g/mol. The predicted molar refractivity (Wildman–Crippen MR) is 122 cm³/mol. The number of aryl methyl sites for hydroxylation is 1. The average Bonchev–Trinajstić information content (AvgIpc) is 3.05. The van der Waals surface area contributed by atoms with Crippen molar-refractivity contribution in [2.24, 2.45) is 0 Å². The van der Waals surface area contributed by atoms with Gasteiger partial charge in [0.1, 0.15) is 0 Å². The first kappa shape index (κ1) is 22.0. The predicted octanol–water partition coefficient (Wildman–Crippen LogP) is 2.87. The van der Waals surface area contributed by atoms with E-state index in [-0.39, 0.29) is 11.8 Å². The molecule has 0 bridgehead atoms. The zero-order chi connectivity index (χ0) is 22.4. The van der Waals surface area contributed by atoms with Gasteiger partial charge in [0, 0.05) is 24.7 Å². The average molecular weight is 443 g/mol. The minimum atomic E-state index is -3.34. The quantitative estimate of drug-likeness (QED) is 0.721. The second-order valence-corrected chi connectivity index (χ2v) is 10.9. The Balaban J connectivity index is 1.43. The van der Waals surface area contributed by atoms with Crippen LogP contribution in [-0.2, 0) is 22.0 Å². The molecule has 166 valence electrons. The van der Waals surface area contributed by atoms with Gasteiger partial charge in [-0.3, -0.25) is 14.0 Å². The molecule has 0 amide bonds. The third kappa shape index (κ3) is 4.27. The van der Waals surface area contributed by atoms with E-state index >= 15 is 0 Å². The zero-order valence-corrected chi connectivity index (χ0v) is 19.2. The number of sulfonamides is 1. The fourth-order valence-electron chi connectivity index (χ4n) is 5.02. The van der Waals surface area contributed by atoms with E-state index in [2.05, 4.69) is 4.90 Å². The fraction of sp³-hybridized carbons (Fsp3) is 0.458. The van der Waals surface area contributed by atoms with Crippen molar-refractivity contribution in [3.05, 3.63) is 64.7 Å². The largest absolute Gasteiger partial charge is 0.385 e. The molecule has 1 N–H and O–H groups in total. The highest BCUT2D eigenvalue weighted by Crippen LogP contribution is 2.36. The molecule has 2 heterocycles. The summed E-state index contributed by atoms with van der Waals surface area (Å²) in [5, 5.41) is 11.1. The van der Waals surface area contributed by atoms with Crippen molar-refractivity contribution in [3.63, 3.8) is 0 Å². The summed E-state index contributed by atoms with van der Waals surface area (Å²) in [5.41, 5.74) is 3.41. The van der Waals surface area contributed by atoms with Crippen LogP contribution in [0, 0.1) is 6.92 Å². The Hall–Kier alpha value is -2.22. The second kappa shape index (κ2) is 8.04. The Morgan fingerprint density at radius 1 is 1.16 bits per heavy atom. The summed E-state index contributed by atoms with van der Waals surface area (Å²) >= 11 is 0. The number of ketones is 1. The lowest BCUT2D eigenvalue weighted by atomic mass is 9.82. The van der Waals surface area contributed by atoms with Crippen LogP contribution in [0.2, 0.25) is 0 Å². The van der Waals surface area contributed by atoms with E-state index in [0.717, 1.165) is 16.7 Å². The molecule has 1 atom stereocenters. The van der Waals surface area contributed by atoms with Crippen molar-refractivity contribution < 1.29 is 18.3 Å². The molecular formula is C24H30N2O4S. The van der Waals surface area contributed by atoms with Gasteiger partial charge in [-0.05, 0) is 68.0 Å². The number of aliphatic hydroxyl groups is 1. The number of nitrogens with zero attached hydrogens (tertiary/aromatic N) is 2. The van der Waals surface area contributed by atoms with Crippen LogP contribution < -0.4 is 4.31 Å². The van der Waals surface area contributed by atoms with E-state index in [1.54, 1.807) is 12.1 Å². The zero-order valence-electron chi connectivity index (χ0n) is 18.3. The smallest absolute Gasteiger partial charge is 0.232 e. The van der Waals surface area contributed by atoms with Crippen molar-refractivity contribution in [3.8, 4) is 0 Å². The summed E-state index contributed by atoms with van der Waals surface area (Å²) in [6, 6.07) is 13.1. The molecule has 2 aromatic carbocycles. The first-order chi connectivity index (χ1) is 14.6. The molecule has 6 nitrogen and oxygen atoms in total. The lowest BCUT2D eigenvalue weighted by Crippen LogP contribution is -2.44. The van der Waals surface area contributed by atoms with Gasteiger partial charge in [-0.2, -0.15) is 0 Å². The van der Waals surface area contributed by atoms with Crippen molar-refractivity contribution in [1.82, 2.24) is 4.90 Å². The van der Waals surface area contributed by atoms with Gasteiger partial charge in [0.05, 0.1) is 24.1 Å². The minimum absolute atomic E-state index is 0.0228. The topological polar surface area (TPSA) is 77.9 Å². The molecule has 2 aliphatic rings. The summed E-state index contributed by atoms with van der Waals surface area (Å²) < 4.78 is 25.6. The van der Waals surface area contributed by atoms with Crippen LogP contribution in [0.5, 0.6) is 0 Å². The number of benzene rings is 2. The van der Waals surface area contributed by atoms with Crippen molar-refractivity contribution in [2.45, 2.75) is 44.8 Å². The molecule has 0 spiro atoms. The third-order valence-corrected chi connectivity index (χ3v) is 7.88. The van der Waals surface area contributed by atoms with E-state index in [1.807, 2.05) is 44.2 Å². The summed E-state index contributed by atoms with van der Waals surface area (Å²) in [7, 11) is -3.34. The number of carbonyl (C=O) groups is 1. The normalized spacial score (nSPS) is 21.2. The highest BCUT2D eigenvalue weighted by atomic mass is 32.2. The van der Waals surface area contributed by atoms with E-state index in [1.165, 1.54) is 10.6 Å². The Labute approximate surface area is 184 Å². The number of carbonyl (C=O) groups excluding carboxylic acids is 1. The Kier molecular flexibility index (Phi) is 5.70.